The first-order valence-electron chi connectivity index (χ1n) is 10.5. The normalized spacial score (nSPS) is 17.1. The highest BCUT2D eigenvalue weighted by Gasteiger charge is 2.40. The summed E-state index contributed by atoms with van der Waals surface area (Å²) in [7, 11) is -4.24. The number of carbonyl (C=O) groups excluding carboxylic acids is 1. The molecule has 2 aromatic carbocycles. The standard InChI is InChI=1S/C21H21F2IN6O4S/c22-12-6-16(29-15-4-3-13(24)8-14(15)23)18(19(25)31)17(7-12)34-20(11-2-1-5-26-9-11)35(32,33)21-27-10-28-30-21/h3-4,6-8,10-11,20,26,29H,1-2,5,9H2,(H2,25,31)(H,27,28,30). The van der Waals surface area contributed by atoms with E-state index in [1.165, 1.54) is 12.1 Å². The molecule has 1 aliphatic rings. The summed E-state index contributed by atoms with van der Waals surface area (Å²) in [5.74, 6) is -3.46. The van der Waals surface area contributed by atoms with Gasteiger partial charge in [0.25, 0.3) is 20.9 Å². The Morgan fingerprint density at radius 3 is 2.69 bits per heavy atom. The molecule has 10 nitrogen and oxygen atoms in total. The quantitative estimate of drug-likeness (QED) is 0.282. The van der Waals surface area contributed by atoms with E-state index >= 15 is 0 Å². The lowest BCUT2D eigenvalue weighted by Gasteiger charge is -2.30. The van der Waals surface area contributed by atoms with Crippen molar-refractivity contribution in [2.24, 2.45) is 11.7 Å². The average molecular weight is 618 g/mol. The number of aromatic amines is 1. The van der Waals surface area contributed by atoms with Crippen molar-refractivity contribution < 1.29 is 26.7 Å². The monoisotopic (exact) mass is 618 g/mol. The third kappa shape index (κ3) is 5.54. The SMILES string of the molecule is NC(=O)c1c(Nc2ccc(I)cc2F)cc(F)cc1OC(C1CCCNC1)S(=O)(=O)c1nnc[nH]1. The van der Waals surface area contributed by atoms with Gasteiger partial charge < -0.3 is 26.1 Å². The number of aromatic nitrogens is 3. The lowest BCUT2D eigenvalue weighted by molar-refractivity contribution is 0.0992. The molecule has 1 amide bonds. The van der Waals surface area contributed by atoms with Crippen molar-refractivity contribution in [3.8, 4) is 5.75 Å². The Kier molecular flexibility index (Phi) is 7.51. The second-order valence-electron chi connectivity index (χ2n) is 7.87. The molecule has 1 aliphatic heterocycles. The van der Waals surface area contributed by atoms with Crippen molar-refractivity contribution in [2.75, 3.05) is 18.4 Å². The molecule has 1 fully saturated rings. The van der Waals surface area contributed by atoms with Gasteiger partial charge in [-0.1, -0.05) is 0 Å². The van der Waals surface area contributed by atoms with E-state index in [1.54, 1.807) is 6.07 Å². The summed E-state index contributed by atoms with van der Waals surface area (Å²) in [5, 5.41) is 12.5. The molecule has 2 heterocycles. The summed E-state index contributed by atoms with van der Waals surface area (Å²) in [6, 6.07) is 6.10. The molecule has 1 saturated heterocycles. The zero-order valence-electron chi connectivity index (χ0n) is 18.1. The van der Waals surface area contributed by atoms with Gasteiger partial charge in [-0.2, -0.15) is 0 Å². The largest absolute Gasteiger partial charge is 0.473 e. The lowest BCUT2D eigenvalue weighted by atomic mass is 10.0. The third-order valence-corrected chi connectivity index (χ3v) is 7.95. The minimum atomic E-state index is -4.24. The van der Waals surface area contributed by atoms with Crippen LogP contribution < -0.4 is 21.1 Å². The minimum Gasteiger partial charge on any atom is -0.473 e. The zero-order chi connectivity index (χ0) is 25.2. The van der Waals surface area contributed by atoms with Crippen LogP contribution in [0.4, 0.5) is 20.2 Å². The molecular formula is C21H21F2IN6O4S. The maximum Gasteiger partial charge on any atom is 0.254 e. The molecular weight excluding hydrogens is 597 g/mol. The van der Waals surface area contributed by atoms with E-state index in [-0.39, 0.29) is 16.9 Å². The molecule has 186 valence electrons. The number of nitrogens with one attached hydrogen (secondary N) is 3. The highest BCUT2D eigenvalue weighted by atomic mass is 127. The molecule has 0 aliphatic carbocycles. The molecule has 35 heavy (non-hydrogen) atoms. The fourth-order valence-corrected chi connectivity index (χ4v) is 5.88. The van der Waals surface area contributed by atoms with Crippen LogP contribution in [0.2, 0.25) is 0 Å². The molecule has 0 spiro atoms. The number of piperidine rings is 1. The fraction of sp³-hybridized carbons (Fsp3) is 0.286. The average Bonchev–Trinajstić information content (AvgIpc) is 3.35. The Labute approximate surface area is 213 Å². The second-order valence-corrected chi connectivity index (χ2v) is 11.1. The Hall–Kier alpha value is -2.85. The van der Waals surface area contributed by atoms with Crippen molar-refractivity contribution >= 4 is 49.7 Å². The highest BCUT2D eigenvalue weighted by Crippen LogP contribution is 2.35. The summed E-state index contributed by atoms with van der Waals surface area (Å²) in [4.78, 5) is 14.9. The number of hydrogen-bond acceptors (Lipinski definition) is 8. The van der Waals surface area contributed by atoms with Gasteiger partial charge in [0, 0.05) is 22.1 Å². The van der Waals surface area contributed by atoms with Crippen LogP contribution in [0, 0.1) is 21.1 Å². The van der Waals surface area contributed by atoms with E-state index in [1.807, 2.05) is 22.6 Å². The van der Waals surface area contributed by atoms with E-state index in [0.717, 1.165) is 18.5 Å². The molecule has 2 atom stereocenters. The van der Waals surface area contributed by atoms with Crippen molar-refractivity contribution in [1.82, 2.24) is 20.5 Å². The van der Waals surface area contributed by atoms with Gasteiger partial charge in [-0.25, -0.2) is 17.2 Å². The Morgan fingerprint density at radius 1 is 1.26 bits per heavy atom. The minimum absolute atomic E-state index is 0.0354. The van der Waals surface area contributed by atoms with Crippen LogP contribution in [0.1, 0.15) is 23.2 Å². The number of primary amides is 1. The maximum absolute atomic E-state index is 14.6. The molecule has 4 rings (SSSR count). The van der Waals surface area contributed by atoms with Crippen LogP contribution in [-0.2, 0) is 9.84 Å². The van der Waals surface area contributed by atoms with Crippen molar-refractivity contribution in [3.05, 3.63) is 57.4 Å². The topological polar surface area (TPSA) is 152 Å². The molecule has 0 bridgehead atoms. The van der Waals surface area contributed by atoms with Crippen molar-refractivity contribution in [1.29, 1.82) is 0 Å². The molecule has 5 N–H and O–H groups in total. The van der Waals surface area contributed by atoms with E-state index in [2.05, 4.69) is 25.8 Å². The number of anilines is 2. The van der Waals surface area contributed by atoms with Gasteiger partial charge in [0.1, 0.15) is 29.3 Å². The molecule has 1 aromatic heterocycles. The first kappa shape index (κ1) is 25.2. The number of carbonyl (C=O) groups is 1. The van der Waals surface area contributed by atoms with E-state index in [9.17, 15) is 22.0 Å². The first-order valence-corrected chi connectivity index (χ1v) is 13.1. The van der Waals surface area contributed by atoms with Crippen molar-refractivity contribution in [2.45, 2.75) is 23.4 Å². The van der Waals surface area contributed by atoms with Gasteiger partial charge in [-0.05, 0) is 66.2 Å². The molecule has 0 radical (unpaired) electrons. The van der Waals surface area contributed by atoms with E-state index in [0.29, 0.717) is 29.5 Å². The van der Waals surface area contributed by atoms with Crippen LogP contribution in [0.3, 0.4) is 0 Å². The molecule has 14 heteroatoms. The number of rotatable bonds is 8. The van der Waals surface area contributed by atoms with Crippen molar-refractivity contribution in [3.63, 3.8) is 0 Å². The van der Waals surface area contributed by atoms with E-state index in [4.69, 9.17) is 10.5 Å². The summed E-state index contributed by atoms with van der Waals surface area (Å²) < 4.78 is 62.3. The van der Waals surface area contributed by atoms with Crippen LogP contribution in [0.25, 0.3) is 0 Å². The highest BCUT2D eigenvalue weighted by molar-refractivity contribution is 14.1. The van der Waals surface area contributed by atoms with Gasteiger partial charge >= 0.3 is 0 Å². The number of nitrogens with two attached hydrogens (primary N) is 1. The van der Waals surface area contributed by atoms with Gasteiger partial charge in [0.2, 0.25) is 5.44 Å². The smallest absolute Gasteiger partial charge is 0.254 e. The fourth-order valence-electron chi connectivity index (χ4n) is 3.86. The first-order chi connectivity index (χ1) is 16.7. The summed E-state index contributed by atoms with van der Waals surface area (Å²) in [6.45, 7) is 1.01. The number of ether oxygens (including phenoxy) is 1. The maximum atomic E-state index is 14.6. The summed E-state index contributed by atoms with van der Waals surface area (Å²) in [6.07, 6.45) is 2.28. The Morgan fingerprint density at radius 2 is 2.06 bits per heavy atom. The van der Waals surface area contributed by atoms with Gasteiger partial charge in [0.15, 0.2) is 0 Å². The van der Waals surface area contributed by atoms with Crippen LogP contribution in [-0.4, -0.2) is 48.0 Å². The molecule has 0 saturated carbocycles. The van der Waals surface area contributed by atoms with Crippen LogP contribution in [0.5, 0.6) is 5.75 Å². The van der Waals surface area contributed by atoms with Gasteiger partial charge in [0.05, 0.1) is 11.4 Å². The van der Waals surface area contributed by atoms with Crippen LogP contribution >= 0.6 is 22.6 Å². The number of H-pyrrole nitrogens is 1. The number of sulfone groups is 1. The number of benzene rings is 2. The van der Waals surface area contributed by atoms with Gasteiger partial charge in [-0.3, -0.25) is 4.79 Å². The van der Waals surface area contributed by atoms with E-state index < -0.39 is 49.6 Å². The number of nitrogens with zero attached hydrogens (tertiary/aromatic N) is 2. The third-order valence-electron chi connectivity index (χ3n) is 5.45. The molecule has 2 unspecified atom stereocenters. The summed E-state index contributed by atoms with van der Waals surface area (Å²) in [5.41, 5.74) is 3.50. The summed E-state index contributed by atoms with van der Waals surface area (Å²) >= 11 is 1.93. The predicted molar refractivity (Wildman–Crippen MR) is 131 cm³/mol. The zero-order valence-corrected chi connectivity index (χ0v) is 21.1. The number of halogens is 3. The van der Waals surface area contributed by atoms with Crippen LogP contribution in [0.15, 0.2) is 41.8 Å². The number of hydrogen-bond donors (Lipinski definition) is 4. The number of amides is 1. The van der Waals surface area contributed by atoms with Gasteiger partial charge in [-0.15, -0.1) is 10.2 Å². The Bertz CT molecular complexity index is 1330. The second kappa shape index (κ2) is 10.4. The Balaban J connectivity index is 1.78. The predicted octanol–water partition coefficient (Wildman–Crippen LogP) is 2.71. The molecule has 3 aromatic rings. The lowest BCUT2D eigenvalue weighted by Crippen LogP contribution is -2.44.